The Morgan fingerprint density at radius 2 is 1.92 bits per heavy atom. The van der Waals surface area contributed by atoms with Gasteiger partial charge in [-0.3, -0.25) is 9.59 Å². The highest BCUT2D eigenvalue weighted by Crippen LogP contribution is 2.33. The fourth-order valence-electron chi connectivity index (χ4n) is 2.90. The van der Waals surface area contributed by atoms with Gasteiger partial charge in [0, 0.05) is 17.4 Å². The van der Waals surface area contributed by atoms with Crippen LogP contribution in [0.4, 0.5) is 4.79 Å². The highest BCUT2D eigenvalue weighted by molar-refractivity contribution is 8.00. The Labute approximate surface area is 157 Å². The lowest BCUT2D eigenvalue weighted by molar-refractivity contribution is -0.139. The lowest BCUT2D eigenvalue weighted by Crippen LogP contribution is -2.36. The Balaban J connectivity index is 0.000000294. The van der Waals surface area contributed by atoms with Crippen molar-refractivity contribution in [3.63, 3.8) is 0 Å². The van der Waals surface area contributed by atoms with Gasteiger partial charge in [-0.15, -0.1) is 0 Å². The smallest absolute Gasteiger partial charge is 0.320 e. The molecular formula is C16H30N4O5S. The largest absolute Gasteiger partial charge is 0.481 e. The van der Waals surface area contributed by atoms with Crippen molar-refractivity contribution >= 4 is 29.7 Å². The molecule has 9 nitrogen and oxygen atoms in total. The molecule has 2 saturated heterocycles. The van der Waals surface area contributed by atoms with Crippen LogP contribution in [0.25, 0.3) is 0 Å². The van der Waals surface area contributed by atoms with Gasteiger partial charge >= 0.3 is 18.0 Å². The third-order valence-corrected chi connectivity index (χ3v) is 5.86. The zero-order valence-electron chi connectivity index (χ0n) is 14.9. The van der Waals surface area contributed by atoms with E-state index < -0.39 is 18.0 Å². The van der Waals surface area contributed by atoms with Crippen molar-refractivity contribution in [2.24, 2.45) is 11.5 Å². The number of urea groups is 1. The van der Waals surface area contributed by atoms with Crippen LogP contribution in [0.15, 0.2) is 0 Å². The zero-order chi connectivity index (χ0) is 19.5. The van der Waals surface area contributed by atoms with Gasteiger partial charge in [0.1, 0.15) is 6.04 Å². The number of nitrogens with two attached hydrogens (primary N) is 2. The summed E-state index contributed by atoms with van der Waals surface area (Å²) in [4.78, 5) is 31.6. The van der Waals surface area contributed by atoms with E-state index in [-0.39, 0.29) is 24.5 Å². The SMILES string of the molecule is NCCCCC(N)C(=O)O.O=C(O)CCCC[C@@H]1SC[C@@H]2NC(=O)N[C@@H]21. The van der Waals surface area contributed by atoms with Gasteiger partial charge < -0.3 is 32.3 Å². The maximum Gasteiger partial charge on any atom is 0.320 e. The van der Waals surface area contributed by atoms with Crippen LogP contribution < -0.4 is 22.1 Å². The van der Waals surface area contributed by atoms with Crippen molar-refractivity contribution in [3.05, 3.63) is 0 Å². The van der Waals surface area contributed by atoms with Crippen LogP contribution in [-0.2, 0) is 9.59 Å². The first-order valence-electron chi connectivity index (χ1n) is 8.94. The summed E-state index contributed by atoms with van der Waals surface area (Å²) in [5.74, 6) is -0.697. The third-order valence-electron chi connectivity index (χ3n) is 4.35. The molecule has 2 rings (SSSR count). The lowest BCUT2D eigenvalue weighted by Gasteiger charge is -2.16. The minimum absolute atomic E-state index is 0.0640. The molecule has 0 aromatic heterocycles. The van der Waals surface area contributed by atoms with Gasteiger partial charge in [0.25, 0.3) is 0 Å². The molecule has 2 aliphatic rings. The molecule has 26 heavy (non-hydrogen) atoms. The minimum Gasteiger partial charge on any atom is -0.481 e. The van der Waals surface area contributed by atoms with Gasteiger partial charge in [-0.25, -0.2) is 4.79 Å². The average molecular weight is 391 g/mol. The van der Waals surface area contributed by atoms with Crippen molar-refractivity contribution in [2.75, 3.05) is 12.3 Å². The highest BCUT2D eigenvalue weighted by atomic mass is 32.2. The van der Waals surface area contributed by atoms with Crippen LogP contribution in [0.5, 0.6) is 0 Å². The third kappa shape index (κ3) is 8.24. The van der Waals surface area contributed by atoms with Crippen molar-refractivity contribution in [1.29, 1.82) is 0 Å². The number of rotatable bonds is 10. The number of unbranched alkanes of at least 4 members (excludes halogenated alkanes) is 2. The fourth-order valence-corrected chi connectivity index (χ4v) is 4.44. The molecule has 2 fully saturated rings. The van der Waals surface area contributed by atoms with Gasteiger partial charge in [-0.2, -0.15) is 11.8 Å². The van der Waals surface area contributed by atoms with E-state index in [0.29, 0.717) is 18.2 Å². The maximum atomic E-state index is 11.1. The molecular weight excluding hydrogens is 360 g/mol. The Hall–Kier alpha value is -1.52. The normalized spacial score (nSPS) is 24.7. The summed E-state index contributed by atoms with van der Waals surface area (Å²) in [7, 11) is 0. The molecule has 2 amide bonds. The van der Waals surface area contributed by atoms with E-state index in [0.717, 1.165) is 37.9 Å². The fraction of sp³-hybridized carbons (Fsp3) is 0.812. The monoisotopic (exact) mass is 390 g/mol. The molecule has 1 unspecified atom stereocenters. The van der Waals surface area contributed by atoms with Gasteiger partial charge in [-0.1, -0.05) is 12.8 Å². The number of aliphatic carboxylic acids is 2. The van der Waals surface area contributed by atoms with Crippen molar-refractivity contribution in [2.45, 2.75) is 68.3 Å². The van der Waals surface area contributed by atoms with E-state index in [1.54, 1.807) is 0 Å². The van der Waals surface area contributed by atoms with Gasteiger partial charge in [-0.05, 0) is 32.2 Å². The zero-order valence-corrected chi connectivity index (χ0v) is 15.7. The molecule has 10 heteroatoms. The van der Waals surface area contributed by atoms with Gasteiger partial charge in [0.15, 0.2) is 0 Å². The summed E-state index contributed by atoms with van der Waals surface area (Å²) in [6.07, 6.45) is 5.04. The maximum absolute atomic E-state index is 11.1. The van der Waals surface area contributed by atoms with E-state index in [4.69, 9.17) is 21.7 Å². The summed E-state index contributed by atoms with van der Waals surface area (Å²) in [6, 6.07) is -0.276. The average Bonchev–Trinajstić information content (AvgIpc) is 3.11. The van der Waals surface area contributed by atoms with E-state index in [9.17, 15) is 14.4 Å². The predicted octanol–water partition coefficient (Wildman–Crippen LogP) is 0.324. The second kappa shape index (κ2) is 12.0. The number of fused-ring (bicyclic) bond motifs is 1. The number of carboxylic acids is 2. The molecule has 0 aromatic carbocycles. The second-order valence-electron chi connectivity index (χ2n) is 6.49. The molecule has 8 N–H and O–H groups in total. The van der Waals surface area contributed by atoms with E-state index in [2.05, 4.69) is 10.6 Å². The molecule has 0 bridgehead atoms. The second-order valence-corrected chi connectivity index (χ2v) is 7.76. The summed E-state index contributed by atoms with van der Waals surface area (Å²) in [5.41, 5.74) is 10.4. The Kier molecular flexibility index (Phi) is 10.4. The number of thioether (sulfide) groups is 1. The summed E-state index contributed by atoms with van der Waals surface area (Å²) < 4.78 is 0. The van der Waals surface area contributed by atoms with Crippen molar-refractivity contribution in [3.8, 4) is 0 Å². The quantitative estimate of drug-likeness (QED) is 0.229. The van der Waals surface area contributed by atoms with Gasteiger partial charge in [0.2, 0.25) is 0 Å². The molecule has 0 spiro atoms. The minimum atomic E-state index is -0.933. The first-order chi connectivity index (χ1) is 12.3. The summed E-state index contributed by atoms with van der Waals surface area (Å²) in [5, 5.41) is 23.1. The molecule has 150 valence electrons. The molecule has 0 radical (unpaired) electrons. The van der Waals surface area contributed by atoms with Crippen molar-refractivity contribution < 1.29 is 24.6 Å². The van der Waals surface area contributed by atoms with Crippen LogP contribution in [0.2, 0.25) is 0 Å². The Bertz CT molecular complexity index is 480. The van der Waals surface area contributed by atoms with Crippen LogP contribution in [0.3, 0.4) is 0 Å². The number of hydrogen-bond acceptors (Lipinski definition) is 6. The first kappa shape index (κ1) is 22.5. The van der Waals surface area contributed by atoms with Gasteiger partial charge in [0.05, 0.1) is 12.1 Å². The van der Waals surface area contributed by atoms with Crippen LogP contribution in [0, 0.1) is 0 Å². The van der Waals surface area contributed by atoms with E-state index >= 15 is 0 Å². The number of carbonyl (C=O) groups excluding carboxylic acids is 1. The molecule has 2 aliphatic heterocycles. The molecule has 2 heterocycles. The number of nitrogens with one attached hydrogen (secondary N) is 2. The van der Waals surface area contributed by atoms with Crippen LogP contribution >= 0.6 is 11.8 Å². The summed E-state index contributed by atoms with van der Waals surface area (Å²) in [6.45, 7) is 0.604. The van der Waals surface area contributed by atoms with Crippen LogP contribution in [-0.4, -0.2) is 63.9 Å². The molecule has 0 aliphatic carbocycles. The first-order valence-corrected chi connectivity index (χ1v) is 9.99. The Morgan fingerprint density at radius 1 is 1.19 bits per heavy atom. The standard InChI is InChI=1S/C10H16N2O3S.C6H14N2O2/c13-8(14)4-2-1-3-7-9-6(5-16-7)11-10(15)12-9;7-4-2-1-3-5(8)6(9)10/h6-7,9H,1-5H2,(H,13,14)(H2,11,12,15);5H,1-4,7-8H2,(H,9,10)/t6-,7-,9-;/m0./s1. The topological polar surface area (TPSA) is 168 Å². The summed E-state index contributed by atoms with van der Waals surface area (Å²) >= 11 is 1.87. The van der Waals surface area contributed by atoms with Crippen LogP contribution in [0.1, 0.15) is 44.9 Å². The Morgan fingerprint density at radius 3 is 2.54 bits per heavy atom. The number of hydrogen-bond donors (Lipinski definition) is 6. The number of carboxylic acid groups (broad SMARTS) is 2. The number of carbonyl (C=O) groups is 3. The molecule has 0 saturated carbocycles. The predicted molar refractivity (Wildman–Crippen MR) is 100 cm³/mol. The molecule has 4 atom stereocenters. The van der Waals surface area contributed by atoms with Crippen molar-refractivity contribution in [1.82, 2.24) is 10.6 Å². The highest BCUT2D eigenvalue weighted by Gasteiger charge is 2.42. The lowest BCUT2D eigenvalue weighted by atomic mass is 10.0. The van der Waals surface area contributed by atoms with E-state index in [1.807, 2.05) is 11.8 Å². The molecule has 0 aromatic rings. The van der Waals surface area contributed by atoms with E-state index in [1.165, 1.54) is 0 Å². The number of amides is 2.